The molecule has 0 saturated carbocycles. The normalized spacial score (nSPS) is 17.5. The van der Waals surface area contributed by atoms with E-state index in [2.05, 4.69) is 5.32 Å². The molecule has 1 aliphatic heterocycles. The van der Waals surface area contributed by atoms with Crippen LogP contribution < -0.4 is 10.1 Å². The molecule has 2 atom stereocenters. The maximum Gasteiger partial charge on any atom is 0.328 e. The Labute approximate surface area is 129 Å². The van der Waals surface area contributed by atoms with E-state index in [9.17, 15) is 9.59 Å². The summed E-state index contributed by atoms with van der Waals surface area (Å²) in [6, 6.07) is 6.75. The minimum atomic E-state index is -0.677. The number of amides is 1. The van der Waals surface area contributed by atoms with Gasteiger partial charge in [0.2, 0.25) is 5.91 Å². The van der Waals surface area contributed by atoms with Crippen LogP contribution in [-0.2, 0) is 25.5 Å². The molecule has 0 aliphatic carbocycles. The van der Waals surface area contributed by atoms with Crippen molar-refractivity contribution in [3.8, 4) is 5.75 Å². The molecular formula is C16H21NO5. The van der Waals surface area contributed by atoms with Gasteiger partial charge in [-0.1, -0.05) is 12.1 Å². The molecule has 1 saturated heterocycles. The van der Waals surface area contributed by atoms with E-state index in [0.29, 0.717) is 13.0 Å². The molecule has 2 rings (SSSR count). The van der Waals surface area contributed by atoms with Crippen LogP contribution in [0, 0.1) is 0 Å². The molecule has 6 nitrogen and oxygen atoms in total. The number of rotatable bonds is 8. The minimum Gasteiger partial charge on any atom is -0.491 e. The first-order chi connectivity index (χ1) is 10.6. The van der Waals surface area contributed by atoms with Crippen LogP contribution in [-0.4, -0.2) is 43.8 Å². The van der Waals surface area contributed by atoms with Gasteiger partial charge in [0.25, 0.3) is 0 Å². The van der Waals surface area contributed by atoms with Crippen molar-refractivity contribution in [2.45, 2.75) is 32.4 Å². The highest BCUT2D eigenvalue weighted by atomic mass is 16.6. The van der Waals surface area contributed by atoms with Gasteiger partial charge >= 0.3 is 5.97 Å². The summed E-state index contributed by atoms with van der Waals surface area (Å²) in [6.07, 6.45) is 0.595. The molecule has 22 heavy (non-hydrogen) atoms. The SMILES string of the molecule is CCOC(=O)C(Cc1ccc(OCC2CO2)cc1)NC(C)=O. The summed E-state index contributed by atoms with van der Waals surface area (Å²) in [6.45, 7) is 4.71. The van der Waals surface area contributed by atoms with Crippen LogP contribution in [0.5, 0.6) is 5.75 Å². The summed E-state index contributed by atoms with van der Waals surface area (Å²) in [5.74, 6) is 0.0674. The Balaban J connectivity index is 1.92. The van der Waals surface area contributed by atoms with Crippen LogP contribution in [0.1, 0.15) is 19.4 Å². The monoisotopic (exact) mass is 307 g/mol. The fraction of sp³-hybridized carbons (Fsp3) is 0.500. The van der Waals surface area contributed by atoms with Crippen LogP contribution in [0.2, 0.25) is 0 Å². The van der Waals surface area contributed by atoms with Gasteiger partial charge < -0.3 is 19.5 Å². The van der Waals surface area contributed by atoms with Crippen molar-refractivity contribution in [1.82, 2.24) is 5.32 Å². The lowest BCUT2D eigenvalue weighted by molar-refractivity contribution is -0.147. The summed E-state index contributed by atoms with van der Waals surface area (Å²) >= 11 is 0. The van der Waals surface area contributed by atoms with Gasteiger partial charge in [-0.15, -0.1) is 0 Å². The molecular weight excluding hydrogens is 286 g/mol. The number of carbonyl (C=O) groups is 2. The summed E-state index contributed by atoms with van der Waals surface area (Å²) in [5.41, 5.74) is 0.918. The molecule has 0 aromatic heterocycles. The highest BCUT2D eigenvalue weighted by molar-refractivity contribution is 5.83. The fourth-order valence-corrected chi connectivity index (χ4v) is 1.99. The van der Waals surface area contributed by atoms with Crippen LogP contribution in [0.25, 0.3) is 0 Å². The van der Waals surface area contributed by atoms with Crippen molar-refractivity contribution in [1.29, 1.82) is 0 Å². The van der Waals surface area contributed by atoms with Crippen molar-refractivity contribution < 1.29 is 23.8 Å². The number of epoxide rings is 1. The Kier molecular flexibility index (Phi) is 5.77. The second-order valence-corrected chi connectivity index (χ2v) is 5.12. The number of nitrogens with one attached hydrogen (secondary N) is 1. The smallest absolute Gasteiger partial charge is 0.328 e. The first-order valence-corrected chi connectivity index (χ1v) is 7.35. The van der Waals surface area contributed by atoms with Crippen LogP contribution in [0.15, 0.2) is 24.3 Å². The Morgan fingerprint density at radius 1 is 1.36 bits per heavy atom. The molecule has 0 bridgehead atoms. The van der Waals surface area contributed by atoms with Crippen LogP contribution in [0.4, 0.5) is 0 Å². The maximum absolute atomic E-state index is 11.9. The average molecular weight is 307 g/mol. The summed E-state index contributed by atoms with van der Waals surface area (Å²) < 4.78 is 15.6. The average Bonchev–Trinajstić information content (AvgIpc) is 3.30. The van der Waals surface area contributed by atoms with Crippen molar-refractivity contribution in [3.05, 3.63) is 29.8 Å². The highest BCUT2D eigenvalue weighted by Crippen LogP contribution is 2.16. The molecule has 1 N–H and O–H groups in total. The van der Waals surface area contributed by atoms with E-state index in [4.69, 9.17) is 14.2 Å². The minimum absolute atomic E-state index is 0.215. The van der Waals surface area contributed by atoms with E-state index in [0.717, 1.165) is 17.9 Å². The predicted molar refractivity (Wildman–Crippen MR) is 79.6 cm³/mol. The van der Waals surface area contributed by atoms with E-state index in [1.807, 2.05) is 24.3 Å². The van der Waals surface area contributed by atoms with Gasteiger partial charge in [0.15, 0.2) is 0 Å². The van der Waals surface area contributed by atoms with Crippen molar-refractivity contribution in [3.63, 3.8) is 0 Å². The van der Waals surface area contributed by atoms with Gasteiger partial charge in [0.1, 0.15) is 24.5 Å². The highest BCUT2D eigenvalue weighted by Gasteiger charge is 2.23. The second-order valence-electron chi connectivity index (χ2n) is 5.12. The predicted octanol–water partition coefficient (Wildman–Crippen LogP) is 1.07. The second kappa shape index (κ2) is 7.79. The molecule has 0 radical (unpaired) electrons. The molecule has 120 valence electrons. The standard InChI is InChI=1S/C16H21NO5/c1-3-20-16(19)15(17-11(2)18)8-12-4-6-13(7-5-12)21-9-14-10-22-14/h4-7,14-15H,3,8-10H2,1-2H3,(H,17,18). The largest absolute Gasteiger partial charge is 0.491 e. The molecule has 1 aliphatic rings. The molecule has 1 aromatic carbocycles. The zero-order valence-corrected chi connectivity index (χ0v) is 12.8. The lowest BCUT2D eigenvalue weighted by atomic mass is 10.1. The van der Waals surface area contributed by atoms with E-state index in [1.54, 1.807) is 6.92 Å². The molecule has 6 heteroatoms. The zero-order chi connectivity index (χ0) is 15.9. The number of ether oxygens (including phenoxy) is 3. The number of carbonyl (C=O) groups excluding carboxylic acids is 2. The number of benzene rings is 1. The van der Waals surface area contributed by atoms with Gasteiger partial charge in [-0.2, -0.15) is 0 Å². The first-order valence-electron chi connectivity index (χ1n) is 7.35. The maximum atomic E-state index is 11.9. The summed E-state index contributed by atoms with van der Waals surface area (Å²) in [7, 11) is 0. The molecule has 1 aromatic rings. The Bertz CT molecular complexity index is 510. The number of esters is 1. The van der Waals surface area contributed by atoms with Gasteiger partial charge in [-0.25, -0.2) is 4.79 Å². The molecule has 1 fully saturated rings. The molecule has 2 unspecified atom stereocenters. The zero-order valence-electron chi connectivity index (χ0n) is 12.8. The van der Waals surface area contributed by atoms with Crippen molar-refractivity contribution in [2.24, 2.45) is 0 Å². The lowest BCUT2D eigenvalue weighted by Gasteiger charge is -2.16. The molecule has 0 spiro atoms. The lowest BCUT2D eigenvalue weighted by Crippen LogP contribution is -2.42. The van der Waals surface area contributed by atoms with Gasteiger partial charge in [-0.05, 0) is 24.6 Å². The van der Waals surface area contributed by atoms with E-state index < -0.39 is 12.0 Å². The Hall–Kier alpha value is -2.08. The fourth-order valence-electron chi connectivity index (χ4n) is 1.99. The van der Waals surface area contributed by atoms with E-state index in [1.165, 1.54) is 6.92 Å². The summed E-state index contributed by atoms with van der Waals surface area (Å²) in [4.78, 5) is 23.1. The third-order valence-electron chi connectivity index (χ3n) is 3.15. The topological polar surface area (TPSA) is 77.2 Å². The van der Waals surface area contributed by atoms with Crippen molar-refractivity contribution >= 4 is 11.9 Å². The van der Waals surface area contributed by atoms with Crippen LogP contribution >= 0.6 is 0 Å². The van der Waals surface area contributed by atoms with Gasteiger partial charge in [0, 0.05) is 13.3 Å². The van der Waals surface area contributed by atoms with Crippen molar-refractivity contribution in [2.75, 3.05) is 19.8 Å². The van der Waals surface area contributed by atoms with E-state index >= 15 is 0 Å². The number of hydrogen-bond donors (Lipinski definition) is 1. The Morgan fingerprint density at radius 2 is 2.05 bits per heavy atom. The molecule has 1 heterocycles. The first kappa shape index (κ1) is 16.3. The van der Waals surface area contributed by atoms with Gasteiger partial charge in [-0.3, -0.25) is 4.79 Å². The quantitative estimate of drug-likeness (QED) is 0.574. The van der Waals surface area contributed by atoms with Crippen LogP contribution in [0.3, 0.4) is 0 Å². The summed E-state index contributed by atoms with van der Waals surface area (Å²) in [5, 5.41) is 2.61. The van der Waals surface area contributed by atoms with Gasteiger partial charge in [0.05, 0.1) is 13.2 Å². The third kappa shape index (κ3) is 5.37. The third-order valence-corrected chi connectivity index (χ3v) is 3.15. The number of hydrogen-bond acceptors (Lipinski definition) is 5. The van der Waals surface area contributed by atoms with E-state index in [-0.39, 0.29) is 18.6 Å². The molecule has 1 amide bonds. The Morgan fingerprint density at radius 3 is 2.59 bits per heavy atom.